The molecule has 2 aromatic rings. The summed E-state index contributed by atoms with van der Waals surface area (Å²) in [5.74, 6) is -0.837. The van der Waals surface area contributed by atoms with Crippen LogP contribution >= 0.6 is 11.6 Å². The number of methoxy groups -OCH3 is 1. The van der Waals surface area contributed by atoms with E-state index in [0.717, 1.165) is 11.1 Å². The summed E-state index contributed by atoms with van der Waals surface area (Å²) in [5, 5.41) is 11.5. The van der Waals surface area contributed by atoms with Crippen molar-refractivity contribution in [2.45, 2.75) is 25.8 Å². The Hall–Kier alpha value is -2.83. The number of carbonyl (C=O) groups is 2. The van der Waals surface area contributed by atoms with Gasteiger partial charge in [0.05, 0.1) is 23.7 Å². The van der Waals surface area contributed by atoms with Crippen molar-refractivity contribution < 1.29 is 19.4 Å². The van der Waals surface area contributed by atoms with Crippen LogP contribution in [-0.2, 0) is 9.59 Å². The van der Waals surface area contributed by atoms with Crippen molar-refractivity contribution >= 4 is 29.1 Å². The first-order chi connectivity index (χ1) is 15.1. The van der Waals surface area contributed by atoms with Crippen molar-refractivity contribution in [1.29, 1.82) is 0 Å². The molecule has 3 rings (SSSR count). The van der Waals surface area contributed by atoms with Gasteiger partial charge in [-0.15, -0.1) is 0 Å². The SMILES string of the molecule is COc1ccc(Cl)c(/C(O)=C2\C(=O)C(=O)N(CCN(C)C)C2c2ccc(C(C)C)cc2)c1. The molecule has 1 heterocycles. The molecule has 1 aliphatic rings. The van der Waals surface area contributed by atoms with Gasteiger partial charge in [-0.2, -0.15) is 0 Å². The number of amides is 1. The van der Waals surface area contributed by atoms with E-state index in [-0.39, 0.29) is 21.9 Å². The maximum absolute atomic E-state index is 13.1. The highest BCUT2D eigenvalue weighted by Crippen LogP contribution is 2.41. The first-order valence-electron chi connectivity index (χ1n) is 10.5. The number of ketones is 1. The van der Waals surface area contributed by atoms with Crippen LogP contribution in [0.5, 0.6) is 5.75 Å². The molecule has 1 unspecified atom stereocenters. The van der Waals surface area contributed by atoms with Gasteiger partial charge in [0.1, 0.15) is 11.5 Å². The monoisotopic (exact) mass is 456 g/mol. The van der Waals surface area contributed by atoms with Crippen LogP contribution in [0, 0.1) is 0 Å². The third-order valence-corrected chi connectivity index (χ3v) is 6.01. The maximum atomic E-state index is 13.1. The molecule has 0 aliphatic carbocycles. The molecule has 2 aromatic carbocycles. The van der Waals surface area contributed by atoms with Gasteiger partial charge in [-0.25, -0.2) is 0 Å². The third-order valence-electron chi connectivity index (χ3n) is 5.68. The molecule has 0 saturated carbocycles. The number of likely N-dealkylation sites (tertiary alicyclic amines) is 1. The molecule has 1 atom stereocenters. The van der Waals surface area contributed by atoms with Gasteiger partial charge in [0.2, 0.25) is 0 Å². The first kappa shape index (κ1) is 23.8. The number of hydrogen-bond acceptors (Lipinski definition) is 5. The average Bonchev–Trinajstić information content (AvgIpc) is 3.02. The van der Waals surface area contributed by atoms with Gasteiger partial charge in [0.25, 0.3) is 11.7 Å². The van der Waals surface area contributed by atoms with Gasteiger partial charge in [-0.1, -0.05) is 49.7 Å². The van der Waals surface area contributed by atoms with E-state index in [1.807, 2.05) is 43.3 Å². The van der Waals surface area contributed by atoms with E-state index >= 15 is 0 Å². The fraction of sp³-hybridized carbons (Fsp3) is 0.360. The van der Waals surface area contributed by atoms with Gasteiger partial charge < -0.3 is 19.6 Å². The quantitative estimate of drug-likeness (QED) is 0.378. The second kappa shape index (κ2) is 9.76. The highest BCUT2D eigenvalue weighted by molar-refractivity contribution is 6.47. The van der Waals surface area contributed by atoms with E-state index in [2.05, 4.69) is 13.8 Å². The Balaban J connectivity index is 2.18. The van der Waals surface area contributed by atoms with Crippen LogP contribution < -0.4 is 4.74 Å². The number of aliphatic hydroxyl groups excluding tert-OH is 1. The summed E-state index contributed by atoms with van der Waals surface area (Å²) in [6.45, 7) is 5.12. The zero-order valence-electron chi connectivity index (χ0n) is 19.1. The molecule has 32 heavy (non-hydrogen) atoms. The fourth-order valence-corrected chi connectivity index (χ4v) is 3.99. The van der Waals surface area contributed by atoms with E-state index < -0.39 is 17.7 Å². The van der Waals surface area contributed by atoms with Crippen LogP contribution in [0.25, 0.3) is 5.76 Å². The zero-order chi connectivity index (χ0) is 23.6. The van der Waals surface area contributed by atoms with E-state index in [4.69, 9.17) is 16.3 Å². The number of nitrogens with zero attached hydrogens (tertiary/aromatic N) is 2. The van der Waals surface area contributed by atoms with E-state index in [0.29, 0.717) is 24.8 Å². The Labute approximate surface area is 194 Å². The number of ether oxygens (including phenoxy) is 1. The molecule has 0 spiro atoms. The number of rotatable bonds is 7. The number of halogens is 1. The minimum atomic E-state index is -0.724. The largest absolute Gasteiger partial charge is 0.507 e. The van der Waals surface area contributed by atoms with Crippen molar-refractivity contribution in [1.82, 2.24) is 9.80 Å². The standard InChI is InChI=1S/C25H29ClN2O4/c1-15(2)16-6-8-17(9-7-16)22-21(24(30)25(31)28(22)13-12-27(3)4)23(29)19-14-18(32-5)10-11-20(19)26/h6-11,14-15,22,29H,12-13H2,1-5H3/b23-21+. The Kier molecular flexibility index (Phi) is 7.26. The van der Waals surface area contributed by atoms with E-state index in [1.165, 1.54) is 12.0 Å². The number of hydrogen-bond donors (Lipinski definition) is 1. The van der Waals surface area contributed by atoms with Crippen LogP contribution in [0.1, 0.15) is 42.5 Å². The number of benzene rings is 2. The molecule has 7 heteroatoms. The van der Waals surface area contributed by atoms with Crippen molar-refractivity contribution in [3.8, 4) is 5.75 Å². The molecular weight excluding hydrogens is 428 g/mol. The number of likely N-dealkylation sites (N-methyl/N-ethyl adjacent to an activating group) is 1. The van der Waals surface area contributed by atoms with Crippen LogP contribution in [0.15, 0.2) is 48.0 Å². The molecule has 0 radical (unpaired) electrons. The molecule has 1 amide bonds. The molecule has 1 aliphatic heterocycles. The van der Waals surface area contributed by atoms with Crippen LogP contribution in [-0.4, -0.2) is 60.9 Å². The molecule has 1 saturated heterocycles. The molecule has 6 nitrogen and oxygen atoms in total. The summed E-state index contributed by atoms with van der Waals surface area (Å²) in [6.07, 6.45) is 0. The summed E-state index contributed by atoms with van der Waals surface area (Å²) in [6, 6.07) is 11.9. The number of aliphatic hydroxyl groups is 1. The van der Waals surface area contributed by atoms with Gasteiger partial charge in [0.15, 0.2) is 0 Å². The maximum Gasteiger partial charge on any atom is 0.295 e. The minimum absolute atomic E-state index is 0.0289. The van der Waals surface area contributed by atoms with Gasteiger partial charge in [-0.05, 0) is 49.3 Å². The summed E-state index contributed by atoms with van der Waals surface area (Å²) < 4.78 is 5.24. The Morgan fingerprint density at radius 2 is 1.81 bits per heavy atom. The van der Waals surface area contributed by atoms with Crippen molar-refractivity contribution in [2.24, 2.45) is 0 Å². The molecular formula is C25H29ClN2O4. The predicted octanol–water partition coefficient (Wildman–Crippen LogP) is 4.46. The van der Waals surface area contributed by atoms with Gasteiger partial charge in [-0.3, -0.25) is 9.59 Å². The minimum Gasteiger partial charge on any atom is -0.507 e. The fourth-order valence-electron chi connectivity index (χ4n) is 3.79. The smallest absolute Gasteiger partial charge is 0.295 e. The molecule has 1 fully saturated rings. The van der Waals surface area contributed by atoms with Crippen LogP contribution in [0.2, 0.25) is 5.02 Å². The average molecular weight is 457 g/mol. The second-order valence-electron chi connectivity index (χ2n) is 8.46. The van der Waals surface area contributed by atoms with Crippen molar-refractivity contribution in [2.75, 3.05) is 34.3 Å². The summed E-state index contributed by atoms with van der Waals surface area (Å²) in [7, 11) is 5.31. The van der Waals surface area contributed by atoms with Crippen LogP contribution in [0.3, 0.4) is 0 Å². The Morgan fingerprint density at radius 3 is 2.38 bits per heavy atom. The summed E-state index contributed by atoms with van der Waals surface area (Å²) >= 11 is 6.33. The lowest BCUT2D eigenvalue weighted by Crippen LogP contribution is -2.35. The van der Waals surface area contributed by atoms with Gasteiger partial charge in [0, 0.05) is 18.7 Å². The molecule has 0 aromatic heterocycles. The van der Waals surface area contributed by atoms with E-state index in [9.17, 15) is 14.7 Å². The summed E-state index contributed by atoms with van der Waals surface area (Å²) in [5.41, 5.74) is 2.18. The first-order valence-corrected chi connectivity index (χ1v) is 10.9. The van der Waals surface area contributed by atoms with Crippen molar-refractivity contribution in [3.63, 3.8) is 0 Å². The lowest BCUT2D eigenvalue weighted by molar-refractivity contribution is -0.140. The topological polar surface area (TPSA) is 70.1 Å². The third kappa shape index (κ3) is 4.66. The predicted molar refractivity (Wildman–Crippen MR) is 126 cm³/mol. The van der Waals surface area contributed by atoms with E-state index in [1.54, 1.807) is 18.2 Å². The number of Topliss-reactive ketones (excluding diaryl/α,β-unsaturated/α-hetero) is 1. The Morgan fingerprint density at radius 1 is 1.16 bits per heavy atom. The summed E-state index contributed by atoms with van der Waals surface area (Å²) in [4.78, 5) is 29.6. The normalized spacial score (nSPS) is 18.1. The number of carbonyl (C=O) groups excluding carboxylic acids is 2. The van der Waals surface area contributed by atoms with Gasteiger partial charge >= 0.3 is 0 Å². The van der Waals surface area contributed by atoms with Crippen molar-refractivity contribution in [3.05, 3.63) is 69.8 Å². The molecule has 1 N–H and O–H groups in total. The Bertz CT molecular complexity index is 1040. The highest BCUT2D eigenvalue weighted by atomic mass is 35.5. The lowest BCUT2D eigenvalue weighted by Gasteiger charge is -2.27. The zero-order valence-corrected chi connectivity index (χ0v) is 19.8. The highest BCUT2D eigenvalue weighted by Gasteiger charge is 2.46. The second-order valence-corrected chi connectivity index (χ2v) is 8.87. The lowest BCUT2D eigenvalue weighted by atomic mass is 9.93. The molecule has 0 bridgehead atoms. The van der Waals surface area contributed by atoms with Crippen LogP contribution in [0.4, 0.5) is 0 Å². The molecule has 170 valence electrons.